The van der Waals surface area contributed by atoms with Crippen LogP contribution >= 0.6 is 11.6 Å². The standard InChI is InChI=1S/C16H20ClNO/c1-12(2)15(16-4-3-11-19-16)9-10-18-14-7-5-13(17)6-8-14/h3-8,11-12,15,18H,9-10H2,1-2H3/t15-/m1/s1. The molecule has 1 aromatic heterocycles. The Hall–Kier alpha value is -1.41. The largest absolute Gasteiger partial charge is 0.469 e. The molecular formula is C16H20ClNO. The van der Waals surface area contributed by atoms with Crippen LogP contribution in [-0.2, 0) is 0 Å². The minimum Gasteiger partial charge on any atom is -0.469 e. The first kappa shape index (κ1) is 14.0. The minimum atomic E-state index is 0.454. The van der Waals surface area contributed by atoms with Gasteiger partial charge in [0, 0.05) is 23.2 Å². The van der Waals surface area contributed by atoms with Gasteiger partial charge in [0.15, 0.2) is 0 Å². The highest BCUT2D eigenvalue weighted by atomic mass is 35.5. The molecule has 1 atom stereocenters. The van der Waals surface area contributed by atoms with E-state index in [1.165, 1.54) is 0 Å². The quantitative estimate of drug-likeness (QED) is 0.787. The predicted molar refractivity (Wildman–Crippen MR) is 80.8 cm³/mol. The van der Waals surface area contributed by atoms with Crippen molar-refractivity contribution < 1.29 is 4.42 Å². The normalized spacial score (nSPS) is 12.6. The van der Waals surface area contributed by atoms with Crippen molar-refractivity contribution in [3.05, 3.63) is 53.4 Å². The summed E-state index contributed by atoms with van der Waals surface area (Å²) in [5, 5.41) is 4.18. The number of benzene rings is 1. The summed E-state index contributed by atoms with van der Waals surface area (Å²) < 4.78 is 5.53. The van der Waals surface area contributed by atoms with Gasteiger partial charge in [-0.05, 0) is 48.7 Å². The van der Waals surface area contributed by atoms with Gasteiger partial charge in [-0.1, -0.05) is 25.4 Å². The van der Waals surface area contributed by atoms with E-state index in [1.807, 2.05) is 30.3 Å². The van der Waals surface area contributed by atoms with E-state index in [0.717, 1.165) is 29.4 Å². The molecule has 0 saturated heterocycles. The minimum absolute atomic E-state index is 0.454. The molecule has 102 valence electrons. The summed E-state index contributed by atoms with van der Waals surface area (Å²) in [6.07, 6.45) is 2.80. The molecule has 0 radical (unpaired) electrons. The maximum Gasteiger partial charge on any atom is 0.107 e. The Bertz CT molecular complexity index is 476. The van der Waals surface area contributed by atoms with Gasteiger partial charge in [-0.15, -0.1) is 0 Å². The fourth-order valence-electron chi connectivity index (χ4n) is 2.25. The van der Waals surface area contributed by atoms with Gasteiger partial charge in [0.05, 0.1) is 6.26 Å². The van der Waals surface area contributed by atoms with Gasteiger partial charge in [0.2, 0.25) is 0 Å². The smallest absolute Gasteiger partial charge is 0.107 e. The Morgan fingerprint density at radius 2 is 1.89 bits per heavy atom. The van der Waals surface area contributed by atoms with Crippen LogP contribution in [0.4, 0.5) is 5.69 Å². The van der Waals surface area contributed by atoms with Crippen molar-refractivity contribution in [2.24, 2.45) is 5.92 Å². The fourth-order valence-corrected chi connectivity index (χ4v) is 2.37. The lowest BCUT2D eigenvalue weighted by atomic mass is 9.90. The Kier molecular flexibility index (Phi) is 4.92. The molecule has 1 heterocycles. The zero-order chi connectivity index (χ0) is 13.7. The Morgan fingerprint density at radius 3 is 2.47 bits per heavy atom. The summed E-state index contributed by atoms with van der Waals surface area (Å²) in [6, 6.07) is 11.8. The lowest BCUT2D eigenvalue weighted by Gasteiger charge is -2.19. The van der Waals surface area contributed by atoms with Crippen LogP contribution < -0.4 is 5.32 Å². The molecule has 0 amide bonds. The van der Waals surface area contributed by atoms with Crippen LogP contribution in [0.25, 0.3) is 0 Å². The van der Waals surface area contributed by atoms with E-state index in [4.69, 9.17) is 16.0 Å². The highest BCUT2D eigenvalue weighted by Gasteiger charge is 2.17. The average Bonchev–Trinajstić information content (AvgIpc) is 2.90. The maximum atomic E-state index is 5.87. The molecule has 0 aliphatic rings. The molecule has 2 rings (SSSR count). The SMILES string of the molecule is CC(C)[C@@H](CCNc1ccc(Cl)cc1)c1ccco1. The van der Waals surface area contributed by atoms with Crippen molar-refractivity contribution >= 4 is 17.3 Å². The molecule has 2 nitrogen and oxygen atoms in total. The van der Waals surface area contributed by atoms with Crippen LogP contribution in [0.15, 0.2) is 47.1 Å². The van der Waals surface area contributed by atoms with Crippen LogP contribution in [0.3, 0.4) is 0 Å². The van der Waals surface area contributed by atoms with Crippen LogP contribution in [0.1, 0.15) is 31.9 Å². The van der Waals surface area contributed by atoms with Gasteiger partial charge in [-0.3, -0.25) is 0 Å². The van der Waals surface area contributed by atoms with Gasteiger partial charge < -0.3 is 9.73 Å². The number of anilines is 1. The van der Waals surface area contributed by atoms with Gasteiger partial charge >= 0.3 is 0 Å². The van der Waals surface area contributed by atoms with Gasteiger partial charge in [0.25, 0.3) is 0 Å². The number of hydrogen-bond acceptors (Lipinski definition) is 2. The highest BCUT2D eigenvalue weighted by molar-refractivity contribution is 6.30. The average molecular weight is 278 g/mol. The summed E-state index contributed by atoms with van der Waals surface area (Å²) in [6.45, 7) is 5.39. The molecule has 0 saturated carbocycles. The van der Waals surface area contributed by atoms with E-state index in [2.05, 4.69) is 25.2 Å². The Morgan fingerprint density at radius 1 is 1.16 bits per heavy atom. The molecule has 0 spiro atoms. The van der Waals surface area contributed by atoms with E-state index in [-0.39, 0.29) is 0 Å². The monoisotopic (exact) mass is 277 g/mol. The van der Waals surface area contributed by atoms with Crippen LogP contribution in [-0.4, -0.2) is 6.54 Å². The first-order chi connectivity index (χ1) is 9.16. The summed E-state index contributed by atoms with van der Waals surface area (Å²) >= 11 is 5.87. The Labute approximate surface area is 119 Å². The third-order valence-corrected chi connectivity index (χ3v) is 3.59. The molecule has 0 unspecified atom stereocenters. The maximum absolute atomic E-state index is 5.87. The Balaban J connectivity index is 1.88. The van der Waals surface area contributed by atoms with Crippen molar-refractivity contribution in [2.75, 3.05) is 11.9 Å². The zero-order valence-electron chi connectivity index (χ0n) is 11.4. The molecule has 2 aromatic rings. The highest BCUT2D eigenvalue weighted by Crippen LogP contribution is 2.28. The van der Waals surface area contributed by atoms with Crippen molar-refractivity contribution in [1.82, 2.24) is 0 Å². The lowest BCUT2D eigenvalue weighted by molar-refractivity contribution is 0.383. The third kappa shape index (κ3) is 4.03. The second-order valence-corrected chi connectivity index (χ2v) is 5.52. The summed E-state index contributed by atoms with van der Waals surface area (Å²) in [4.78, 5) is 0. The lowest BCUT2D eigenvalue weighted by Crippen LogP contribution is -2.12. The molecule has 3 heteroatoms. The van der Waals surface area contributed by atoms with Crippen molar-refractivity contribution in [3.63, 3.8) is 0 Å². The van der Waals surface area contributed by atoms with Crippen LogP contribution in [0.2, 0.25) is 5.02 Å². The molecule has 0 bridgehead atoms. The van der Waals surface area contributed by atoms with E-state index in [9.17, 15) is 0 Å². The number of nitrogens with one attached hydrogen (secondary N) is 1. The molecule has 0 aliphatic carbocycles. The van der Waals surface area contributed by atoms with Gasteiger partial charge in [-0.2, -0.15) is 0 Å². The van der Waals surface area contributed by atoms with E-state index in [0.29, 0.717) is 11.8 Å². The first-order valence-electron chi connectivity index (χ1n) is 6.69. The third-order valence-electron chi connectivity index (χ3n) is 3.34. The molecule has 0 fully saturated rings. The summed E-state index contributed by atoms with van der Waals surface area (Å²) in [5.41, 5.74) is 1.10. The van der Waals surface area contributed by atoms with Gasteiger partial charge in [-0.25, -0.2) is 0 Å². The number of rotatable bonds is 6. The number of halogens is 1. The first-order valence-corrected chi connectivity index (χ1v) is 7.07. The second-order valence-electron chi connectivity index (χ2n) is 5.09. The van der Waals surface area contributed by atoms with E-state index >= 15 is 0 Å². The van der Waals surface area contributed by atoms with Crippen LogP contribution in [0, 0.1) is 5.92 Å². The molecule has 0 aliphatic heterocycles. The summed E-state index contributed by atoms with van der Waals surface area (Å²) in [7, 11) is 0. The van der Waals surface area contributed by atoms with Crippen molar-refractivity contribution in [2.45, 2.75) is 26.2 Å². The molecular weight excluding hydrogens is 258 g/mol. The summed E-state index contributed by atoms with van der Waals surface area (Å²) in [5.74, 6) is 2.10. The second kappa shape index (κ2) is 6.67. The van der Waals surface area contributed by atoms with Crippen molar-refractivity contribution in [1.29, 1.82) is 0 Å². The topological polar surface area (TPSA) is 25.2 Å². The van der Waals surface area contributed by atoms with Crippen LogP contribution in [0.5, 0.6) is 0 Å². The predicted octanol–water partition coefficient (Wildman–Crippen LogP) is 5.17. The molecule has 1 aromatic carbocycles. The fraction of sp³-hybridized carbons (Fsp3) is 0.375. The molecule has 1 N–H and O–H groups in total. The number of hydrogen-bond donors (Lipinski definition) is 1. The zero-order valence-corrected chi connectivity index (χ0v) is 12.2. The van der Waals surface area contributed by atoms with E-state index in [1.54, 1.807) is 6.26 Å². The van der Waals surface area contributed by atoms with Crippen molar-refractivity contribution in [3.8, 4) is 0 Å². The number of furan rings is 1. The van der Waals surface area contributed by atoms with E-state index < -0.39 is 0 Å². The van der Waals surface area contributed by atoms with Gasteiger partial charge in [0.1, 0.15) is 5.76 Å². The molecule has 19 heavy (non-hydrogen) atoms.